The molecule has 1 aliphatic rings. The molecule has 1 fully saturated rings. The molecular formula is C27H29FN4O2. The first-order chi connectivity index (χ1) is 16.5. The van der Waals surface area contributed by atoms with Gasteiger partial charge in [0.25, 0.3) is 5.91 Å². The molecule has 1 aliphatic heterocycles. The van der Waals surface area contributed by atoms with Gasteiger partial charge in [-0.1, -0.05) is 48.5 Å². The van der Waals surface area contributed by atoms with E-state index in [2.05, 4.69) is 15.6 Å². The van der Waals surface area contributed by atoms with Gasteiger partial charge in [0.15, 0.2) is 0 Å². The van der Waals surface area contributed by atoms with Crippen molar-refractivity contribution >= 4 is 11.9 Å². The van der Waals surface area contributed by atoms with Crippen LogP contribution in [0.3, 0.4) is 0 Å². The minimum atomic E-state index is -0.344. The van der Waals surface area contributed by atoms with Crippen molar-refractivity contribution in [3.8, 4) is 0 Å². The number of urea groups is 1. The van der Waals surface area contributed by atoms with Crippen molar-refractivity contribution in [2.75, 3.05) is 13.1 Å². The molecule has 3 amide bonds. The van der Waals surface area contributed by atoms with Crippen LogP contribution in [0.15, 0.2) is 66.7 Å². The van der Waals surface area contributed by atoms with Crippen molar-refractivity contribution in [3.05, 3.63) is 101 Å². The largest absolute Gasteiger partial charge is 0.348 e. The molecule has 2 heterocycles. The number of aromatic nitrogens is 1. The second-order valence-corrected chi connectivity index (χ2v) is 8.57. The van der Waals surface area contributed by atoms with Crippen LogP contribution in [-0.2, 0) is 13.1 Å². The number of amides is 3. The fourth-order valence-electron chi connectivity index (χ4n) is 4.23. The zero-order valence-corrected chi connectivity index (χ0v) is 19.3. The molecule has 6 nitrogen and oxygen atoms in total. The summed E-state index contributed by atoms with van der Waals surface area (Å²) in [5.41, 5.74) is 3.58. The van der Waals surface area contributed by atoms with Gasteiger partial charge in [-0.25, -0.2) is 9.18 Å². The lowest BCUT2D eigenvalue weighted by molar-refractivity contribution is 0.0947. The molecule has 1 saturated heterocycles. The Morgan fingerprint density at radius 2 is 1.65 bits per heavy atom. The van der Waals surface area contributed by atoms with Crippen molar-refractivity contribution in [2.24, 2.45) is 0 Å². The van der Waals surface area contributed by atoms with Crippen molar-refractivity contribution < 1.29 is 14.0 Å². The highest BCUT2D eigenvalue weighted by Gasteiger charge is 2.28. The van der Waals surface area contributed by atoms with Crippen molar-refractivity contribution in [2.45, 2.75) is 38.8 Å². The van der Waals surface area contributed by atoms with Gasteiger partial charge in [0.05, 0.1) is 11.3 Å². The summed E-state index contributed by atoms with van der Waals surface area (Å²) in [5, 5.41) is 5.80. The Bertz CT molecular complexity index is 1140. The molecule has 0 atom stereocenters. The highest BCUT2D eigenvalue weighted by atomic mass is 19.1. The summed E-state index contributed by atoms with van der Waals surface area (Å²) in [4.78, 5) is 32.0. The topological polar surface area (TPSA) is 74.3 Å². The Labute approximate surface area is 199 Å². The first-order valence-electron chi connectivity index (χ1n) is 11.6. The monoisotopic (exact) mass is 460 g/mol. The lowest BCUT2D eigenvalue weighted by atomic mass is 9.90. The standard InChI is InChI=1S/C27H29FN4O2/c1-19-11-12-23(26(33)29-18-22-9-5-6-10-24(22)28)25(31-19)21-13-15-32(16-14-21)27(34)30-17-20-7-3-2-4-8-20/h2-12,21H,13-18H2,1H3,(H,29,33)(H,30,34). The lowest BCUT2D eigenvalue weighted by Crippen LogP contribution is -2.44. The smallest absolute Gasteiger partial charge is 0.317 e. The quantitative estimate of drug-likeness (QED) is 0.567. The first kappa shape index (κ1) is 23.4. The van der Waals surface area contributed by atoms with E-state index in [1.807, 2.05) is 48.2 Å². The third-order valence-electron chi connectivity index (χ3n) is 6.16. The maximum absolute atomic E-state index is 13.9. The van der Waals surface area contributed by atoms with Crippen molar-refractivity contribution in [3.63, 3.8) is 0 Å². The molecule has 0 aliphatic carbocycles. The van der Waals surface area contributed by atoms with E-state index in [9.17, 15) is 14.0 Å². The molecule has 0 spiro atoms. The van der Waals surface area contributed by atoms with Gasteiger partial charge in [0.2, 0.25) is 0 Å². The van der Waals surface area contributed by atoms with Crippen LogP contribution in [0.2, 0.25) is 0 Å². The number of carbonyl (C=O) groups excluding carboxylic acids is 2. The Morgan fingerprint density at radius 1 is 0.941 bits per heavy atom. The van der Waals surface area contributed by atoms with Crippen LogP contribution in [0.4, 0.5) is 9.18 Å². The van der Waals surface area contributed by atoms with E-state index < -0.39 is 0 Å². The second kappa shape index (κ2) is 10.9. The summed E-state index contributed by atoms with van der Waals surface area (Å²) in [5.74, 6) is -0.538. The minimum Gasteiger partial charge on any atom is -0.348 e. The van der Waals surface area contributed by atoms with Crippen LogP contribution in [-0.4, -0.2) is 34.9 Å². The minimum absolute atomic E-state index is 0.0762. The number of halogens is 1. The SMILES string of the molecule is Cc1ccc(C(=O)NCc2ccccc2F)c(C2CCN(C(=O)NCc3ccccc3)CC2)n1. The average Bonchev–Trinajstić information content (AvgIpc) is 2.87. The van der Waals surface area contributed by atoms with E-state index in [1.165, 1.54) is 6.07 Å². The zero-order chi connectivity index (χ0) is 23.9. The molecule has 1 aromatic heterocycles. The lowest BCUT2D eigenvalue weighted by Gasteiger charge is -2.32. The number of nitrogens with zero attached hydrogens (tertiary/aromatic N) is 2. The molecule has 0 saturated carbocycles. The number of nitrogens with one attached hydrogen (secondary N) is 2. The fraction of sp³-hybridized carbons (Fsp3) is 0.296. The summed E-state index contributed by atoms with van der Waals surface area (Å²) in [7, 11) is 0. The third kappa shape index (κ3) is 5.78. The van der Waals surface area contributed by atoms with Crippen LogP contribution in [0, 0.1) is 12.7 Å². The first-order valence-corrected chi connectivity index (χ1v) is 11.6. The summed E-state index contributed by atoms with van der Waals surface area (Å²) >= 11 is 0. The Morgan fingerprint density at radius 3 is 2.38 bits per heavy atom. The molecule has 0 radical (unpaired) electrons. The molecule has 2 N–H and O–H groups in total. The highest BCUT2D eigenvalue weighted by Crippen LogP contribution is 2.29. The number of rotatable bonds is 6. The number of benzene rings is 2. The van der Waals surface area contributed by atoms with E-state index in [0.29, 0.717) is 30.8 Å². The summed E-state index contributed by atoms with van der Waals surface area (Å²) in [6, 6.07) is 19.7. The van der Waals surface area contributed by atoms with Crippen LogP contribution >= 0.6 is 0 Å². The number of hydrogen-bond acceptors (Lipinski definition) is 3. The van der Waals surface area contributed by atoms with E-state index in [1.54, 1.807) is 24.3 Å². The predicted molar refractivity (Wildman–Crippen MR) is 129 cm³/mol. The molecule has 4 rings (SSSR count). The van der Waals surface area contributed by atoms with Gasteiger partial charge in [-0.2, -0.15) is 0 Å². The number of hydrogen-bond donors (Lipinski definition) is 2. The van der Waals surface area contributed by atoms with Gasteiger partial charge in [0, 0.05) is 43.4 Å². The average molecular weight is 461 g/mol. The zero-order valence-electron chi connectivity index (χ0n) is 19.3. The predicted octanol–water partition coefficient (Wildman–Crippen LogP) is 4.55. The van der Waals surface area contributed by atoms with E-state index in [0.717, 1.165) is 29.8 Å². The van der Waals surface area contributed by atoms with Crippen LogP contribution < -0.4 is 10.6 Å². The number of piperidine rings is 1. The molecule has 2 aromatic carbocycles. The van der Waals surface area contributed by atoms with Crippen molar-refractivity contribution in [1.29, 1.82) is 0 Å². The maximum Gasteiger partial charge on any atom is 0.317 e. The molecule has 0 bridgehead atoms. The van der Waals surface area contributed by atoms with Crippen molar-refractivity contribution in [1.82, 2.24) is 20.5 Å². The third-order valence-corrected chi connectivity index (χ3v) is 6.16. The molecular weight excluding hydrogens is 431 g/mol. The summed E-state index contributed by atoms with van der Waals surface area (Å²) in [6.07, 6.45) is 1.45. The molecule has 3 aromatic rings. The van der Waals surface area contributed by atoms with Gasteiger partial charge < -0.3 is 15.5 Å². The number of likely N-dealkylation sites (tertiary alicyclic amines) is 1. The fourth-order valence-corrected chi connectivity index (χ4v) is 4.23. The maximum atomic E-state index is 13.9. The highest BCUT2D eigenvalue weighted by molar-refractivity contribution is 5.95. The van der Waals surface area contributed by atoms with Gasteiger partial charge in [0.1, 0.15) is 5.82 Å². The van der Waals surface area contributed by atoms with Gasteiger partial charge in [-0.05, 0) is 43.5 Å². The normalized spacial score (nSPS) is 14.0. The van der Waals surface area contributed by atoms with E-state index in [4.69, 9.17) is 0 Å². The Kier molecular flexibility index (Phi) is 7.52. The van der Waals surface area contributed by atoms with Gasteiger partial charge in [-0.15, -0.1) is 0 Å². The van der Waals surface area contributed by atoms with Gasteiger partial charge >= 0.3 is 6.03 Å². The molecule has 0 unspecified atom stereocenters. The van der Waals surface area contributed by atoms with Gasteiger partial charge in [-0.3, -0.25) is 9.78 Å². The Hall–Kier alpha value is -3.74. The number of carbonyl (C=O) groups is 2. The second-order valence-electron chi connectivity index (χ2n) is 8.57. The number of pyridine rings is 1. The molecule has 34 heavy (non-hydrogen) atoms. The summed E-state index contributed by atoms with van der Waals surface area (Å²) < 4.78 is 13.9. The van der Waals surface area contributed by atoms with E-state index in [-0.39, 0.29) is 30.2 Å². The number of aryl methyl sites for hydroxylation is 1. The van der Waals surface area contributed by atoms with Crippen LogP contribution in [0.25, 0.3) is 0 Å². The summed E-state index contributed by atoms with van der Waals surface area (Å²) in [6.45, 7) is 3.69. The molecule has 7 heteroatoms. The molecule has 176 valence electrons. The Balaban J connectivity index is 1.37. The van der Waals surface area contributed by atoms with Crippen LogP contribution in [0.5, 0.6) is 0 Å². The van der Waals surface area contributed by atoms with Crippen LogP contribution in [0.1, 0.15) is 51.6 Å². The van der Waals surface area contributed by atoms with E-state index >= 15 is 0 Å².